The van der Waals surface area contributed by atoms with E-state index in [1.54, 1.807) is 24.4 Å². The van der Waals surface area contributed by atoms with Gasteiger partial charge < -0.3 is 24.6 Å². The van der Waals surface area contributed by atoms with Crippen LogP contribution in [0.1, 0.15) is 0 Å². The molecule has 12 heteroatoms. The van der Waals surface area contributed by atoms with Gasteiger partial charge in [-0.05, 0) is 42.7 Å². The summed E-state index contributed by atoms with van der Waals surface area (Å²) in [6.45, 7) is 5.89. The number of aromatic nitrogens is 3. The molecule has 1 aromatic carbocycles. The van der Waals surface area contributed by atoms with Gasteiger partial charge in [0.15, 0.2) is 5.82 Å². The van der Waals surface area contributed by atoms with Gasteiger partial charge in [0.25, 0.3) is 0 Å². The molecule has 0 unspecified atom stereocenters. The highest BCUT2D eigenvalue weighted by Crippen LogP contribution is 2.35. The van der Waals surface area contributed by atoms with Crippen molar-refractivity contribution in [1.29, 1.82) is 0 Å². The van der Waals surface area contributed by atoms with E-state index >= 15 is 0 Å². The van der Waals surface area contributed by atoms with Gasteiger partial charge in [-0.25, -0.2) is 19.7 Å². The second-order valence-corrected chi connectivity index (χ2v) is 9.63. The summed E-state index contributed by atoms with van der Waals surface area (Å²) >= 11 is 8.06. The molecular formula is C25H28ClN7O3S. The number of morpholine rings is 2. The number of benzene rings is 1. The van der Waals surface area contributed by atoms with Crippen LogP contribution in [0.3, 0.4) is 0 Å². The van der Waals surface area contributed by atoms with Gasteiger partial charge in [0.05, 0.1) is 43.2 Å². The quantitative estimate of drug-likeness (QED) is 0.350. The van der Waals surface area contributed by atoms with Crippen molar-refractivity contribution in [2.45, 2.75) is 4.90 Å². The fourth-order valence-corrected chi connectivity index (χ4v) is 5.12. The third-order valence-corrected chi connectivity index (χ3v) is 7.26. The minimum absolute atomic E-state index is 0.377. The smallest absolute Gasteiger partial charge is 0.324 e. The summed E-state index contributed by atoms with van der Waals surface area (Å²) in [5.74, 6) is 1.82. The van der Waals surface area contributed by atoms with Crippen LogP contribution in [-0.2, 0) is 9.47 Å². The highest BCUT2D eigenvalue weighted by atomic mass is 35.5. The van der Waals surface area contributed by atoms with Crippen LogP contribution < -0.4 is 20.4 Å². The number of halogens is 1. The lowest BCUT2D eigenvalue weighted by molar-refractivity contribution is 0.122. The van der Waals surface area contributed by atoms with Gasteiger partial charge in [-0.1, -0.05) is 11.6 Å². The van der Waals surface area contributed by atoms with Crippen LogP contribution in [0.5, 0.6) is 0 Å². The molecule has 5 rings (SSSR count). The second-order valence-electron chi connectivity index (χ2n) is 8.45. The number of pyridine rings is 1. The number of nitrogens with one attached hydrogen (secondary N) is 2. The Bertz CT molecular complexity index is 1220. The van der Waals surface area contributed by atoms with Gasteiger partial charge >= 0.3 is 6.03 Å². The van der Waals surface area contributed by atoms with E-state index in [9.17, 15) is 4.79 Å². The molecule has 4 heterocycles. The maximum atomic E-state index is 12.5. The second kappa shape index (κ2) is 12.0. The van der Waals surface area contributed by atoms with Crippen molar-refractivity contribution >= 4 is 52.4 Å². The predicted octanol–water partition coefficient (Wildman–Crippen LogP) is 4.23. The maximum Gasteiger partial charge on any atom is 0.324 e. The molecule has 2 N–H and O–H groups in total. The zero-order valence-electron chi connectivity index (χ0n) is 20.4. The average Bonchev–Trinajstić information content (AvgIpc) is 2.94. The number of nitrogens with zero attached hydrogens (tertiary/aromatic N) is 5. The van der Waals surface area contributed by atoms with Crippen LogP contribution >= 0.6 is 23.4 Å². The molecule has 2 aliphatic heterocycles. The highest BCUT2D eigenvalue weighted by Gasteiger charge is 2.21. The summed E-state index contributed by atoms with van der Waals surface area (Å²) in [7, 11) is 0. The highest BCUT2D eigenvalue weighted by molar-refractivity contribution is 7.98. The number of rotatable bonds is 6. The number of ether oxygens (including phenoxy) is 2. The topological polar surface area (TPSA) is 105 Å². The number of anilines is 4. The summed E-state index contributed by atoms with van der Waals surface area (Å²) in [5.41, 5.74) is 2.44. The fourth-order valence-electron chi connectivity index (χ4n) is 4.16. The summed E-state index contributed by atoms with van der Waals surface area (Å²) in [4.78, 5) is 31.4. The number of hydrogen-bond acceptors (Lipinski definition) is 9. The number of amides is 2. The number of urea groups is 1. The molecule has 0 spiro atoms. The van der Waals surface area contributed by atoms with Crippen LogP contribution in [0.15, 0.2) is 47.5 Å². The lowest BCUT2D eigenvalue weighted by Crippen LogP contribution is -2.37. The van der Waals surface area contributed by atoms with Crippen LogP contribution in [0.2, 0.25) is 5.15 Å². The molecule has 2 amide bonds. The Hall–Kier alpha value is -3.12. The molecule has 3 aromatic rings. The Labute approximate surface area is 224 Å². The molecule has 2 fully saturated rings. The first kappa shape index (κ1) is 25.5. The van der Waals surface area contributed by atoms with Gasteiger partial charge in [-0.2, -0.15) is 0 Å². The molecule has 2 aliphatic rings. The maximum absolute atomic E-state index is 12.5. The van der Waals surface area contributed by atoms with Gasteiger partial charge in [0.1, 0.15) is 16.8 Å². The number of thioether (sulfide) groups is 1. The monoisotopic (exact) mass is 541 g/mol. The van der Waals surface area contributed by atoms with E-state index in [4.69, 9.17) is 26.1 Å². The molecule has 0 bridgehead atoms. The van der Waals surface area contributed by atoms with E-state index < -0.39 is 0 Å². The Morgan fingerprint density at radius 1 is 0.919 bits per heavy atom. The van der Waals surface area contributed by atoms with Crippen LogP contribution in [0.4, 0.5) is 27.8 Å². The van der Waals surface area contributed by atoms with Crippen molar-refractivity contribution in [3.8, 4) is 11.4 Å². The first-order valence-corrected chi connectivity index (χ1v) is 13.6. The third-order valence-electron chi connectivity index (χ3n) is 6.09. The Kier molecular flexibility index (Phi) is 8.24. The SMILES string of the molecule is CSc1c(Cl)nc(-c2ccc(NC(=O)Nc3ccc(N4CCOCC4)cn3)cc2)nc1N1CCOCC1. The van der Waals surface area contributed by atoms with Crippen LogP contribution in [0.25, 0.3) is 11.4 Å². The van der Waals surface area contributed by atoms with E-state index in [1.165, 1.54) is 11.8 Å². The predicted molar refractivity (Wildman–Crippen MR) is 147 cm³/mol. The van der Waals surface area contributed by atoms with Crippen molar-refractivity contribution in [3.05, 3.63) is 47.7 Å². The molecule has 2 saturated heterocycles. The summed E-state index contributed by atoms with van der Waals surface area (Å²) in [6.07, 6.45) is 3.72. The molecule has 37 heavy (non-hydrogen) atoms. The van der Waals surface area contributed by atoms with Gasteiger partial charge in [0, 0.05) is 37.4 Å². The van der Waals surface area contributed by atoms with Crippen LogP contribution in [0, 0.1) is 0 Å². The molecule has 0 atom stereocenters. The Balaban J connectivity index is 1.23. The molecule has 0 aliphatic carbocycles. The number of hydrogen-bond donors (Lipinski definition) is 2. The van der Waals surface area contributed by atoms with Crippen LogP contribution in [-0.4, -0.2) is 79.8 Å². The molecule has 10 nitrogen and oxygen atoms in total. The van der Waals surface area contributed by atoms with E-state index in [0.717, 1.165) is 48.1 Å². The number of carbonyl (C=O) groups is 1. The van der Waals surface area contributed by atoms with E-state index in [2.05, 4.69) is 30.4 Å². The Morgan fingerprint density at radius 3 is 2.22 bits per heavy atom. The summed E-state index contributed by atoms with van der Waals surface area (Å²) in [5, 5.41) is 6.02. The molecule has 194 valence electrons. The van der Waals surface area contributed by atoms with Gasteiger partial charge in [-0.15, -0.1) is 11.8 Å². The lowest BCUT2D eigenvalue weighted by Gasteiger charge is -2.29. The minimum atomic E-state index is -0.377. The van der Waals surface area contributed by atoms with E-state index in [1.807, 2.05) is 24.5 Å². The van der Waals surface area contributed by atoms with Crippen molar-refractivity contribution < 1.29 is 14.3 Å². The van der Waals surface area contributed by atoms with Crippen molar-refractivity contribution in [2.75, 3.05) is 79.3 Å². The van der Waals surface area contributed by atoms with Gasteiger partial charge in [-0.3, -0.25) is 5.32 Å². The fraction of sp³-hybridized carbons (Fsp3) is 0.360. The van der Waals surface area contributed by atoms with E-state index in [-0.39, 0.29) is 6.03 Å². The Morgan fingerprint density at radius 2 is 1.59 bits per heavy atom. The van der Waals surface area contributed by atoms with Crippen molar-refractivity contribution in [1.82, 2.24) is 15.0 Å². The lowest BCUT2D eigenvalue weighted by atomic mass is 10.2. The van der Waals surface area contributed by atoms with E-state index in [0.29, 0.717) is 48.9 Å². The summed E-state index contributed by atoms with van der Waals surface area (Å²) < 4.78 is 10.9. The molecule has 0 saturated carbocycles. The average molecular weight is 542 g/mol. The first-order valence-electron chi connectivity index (χ1n) is 12.0. The molecular weight excluding hydrogens is 514 g/mol. The largest absolute Gasteiger partial charge is 0.378 e. The third kappa shape index (κ3) is 6.24. The number of carbonyl (C=O) groups excluding carboxylic acids is 1. The standard InChI is InChI=1S/C25H28ClN7O3S/c1-37-21-22(26)30-23(31-24(21)33-10-14-36-15-11-33)17-2-4-18(5-3-17)28-25(34)29-20-7-6-19(16-27-20)32-8-12-35-13-9-32/h2-7,16H,8-15H2,1H3,(H2,27,28,29,34). The van der Waals surface area contributed by atoms with Crippen molar-refractivity contribution in [2.24, 2.45) is 0 Å². The van der Waals surface area contributed by atoms with Crippen molar-refractivity contribution in [3.63, 3.8) is 0 Å². The van der Waals surface area contributed by atoms with Gasteiger partial charge in [0.2, 0.25) is 0 Å². The molecule has 2 aromatic heterocycles. The summed E-state index contributed by atoms with van der Waals surface area (Å²) in [6, 6.07) is 10.7. The molecule has 0 radical (unpaired) electrons. The first-order chi connectivity index (χ1) is 18.1. The normalized spacial score (nSPS) is 15.9. The zero-order chi connectivity index (χ0) is 25.6. The minimum Gasteiger partial charge on any atom is -0.378 e. The zero-order valence-corrected chi connectivity index (χ0v) is 22.0.